The summed E-state index contributed by atoms with van der Waals surface area (Å²) in [6.45, 7) is 7.43. The second kappa shape index (κ2) is 8.62. The third-order valence-electron chi connectivity index (χ3n) is 5.13. The Kier molecular flexibility index (Phi) is 6.47. The summed E-state index contributed by atoms with van der Waals surface area (Å²) in [5, 5.41) is 0. The monoisotopic (exact) mass is 457 g/mol. The van der Waals surface area contributed by atoms with Gasteiger partial charge in [0.2, 0.25) is 5.91 Å². The lowest BCUT2D eigenvalue weighted by atomic mass is 9.94. The molecule has 1 aromatic rings. The smallest absolute Gasteiger partial charge is 0.414 e. The topological polar surface area (TPSA) is 96.5 Å². The third-order valence-corrected chi connectivity index (χ3v) is 5.70. The number of carbonyl (C=O) groups excluding carboxylic acids is 2. The van der Waals surface area contributed by atoms with Gasteiger partial charge in [0.1, 0.15) is 18.5 Å². The number of anilines is 2. The lowest BCUT2D eigenvalue weighted by molar-refractivity contribution is -0.139. The molecule has 172 valence electrons. The number of halogens is 1. The Morgan fingerprint density at radius 1 is 1.23 bits per heavy atom. The van der Waals surface area contributed by atoms with Crippen molar-refractivity contribution in [2.24, 2.45) is 5.41 Å². The van der Waals surface area contributed by atoms with E-state index in [0.29, 0.717) is 37.6 Å². The van der Waals surface area contributed by atoms with E-state index in [1.165, 1.54) is 11.0 Å². The van der Waals surface area contributed by atoms with E-state index in [4.69, 9.17) is 4.74 Å². The quantitative estimate of drug-likeness (QED) is 0.622. The van der Waals surface area contributed by atoms with E-state index < -0.39 is 33.5 Å². The fourth-order valence-electron chi connectivity index (χ4n) is 3.56. The van der Waals surface area contributed by atoms with Crippen molar-refractivity contribution in [1.29, 1.82) is 0 Å². The number of ether oxygens (including phenoxy) is 1. The first-order chi connectivity index (χ1) is 14.3. The van der Waals surface area contributed by atoms with Crippen LogP contribution in [0.3, 0.4) is 0 Å². The molecule has 0 N–H and O–H groups in total. The summed E-state index contributed by atoms with van der Waals surface area (Å²) in [7, 11) is -3.65. The summed E-state index contributed by atoms with van der Waals surface area (Å²) in [4.78, 5) is 29.4. The standard InChI is InChI=1S/C20H28FN3O6S/c1-20(2,3)18(25)23-9-7-22(8-10-23)17-6-5-14(11-16(17)21)24-12-15(30-19(24)26)13-29-31(4,27)28/h5-6,11,15H,7-10,12-13H2,1-4H3/t15-/m1/s1. The Bertz CT molecular complexity index is 954. The molecule has 0 bridgehead atoms. The number of piperazine rings is 1. The number of rotatable bonds is 5. The summed E-state index contributed by atoms with van der Waals surface area (Å²) in [6.07, 6.45) is -0.545. The molecule has 2 aliphatic heterocycles. The second-order valence-corrected chi connectivity index (χ2v) is 10.4. The maximum absolute atomic E-state index is 14.9. The number of benzene rings is 1. The van der Waals surface area contributed by atoms with Crippen LogP contribution < -0.4 is 9.80 Å². The minimum atomic E-state index is -3.65. The number of carbonyl (C=O) groups is 2. The fraction of sp³-hybridized carbons (Fsp3) is 0.600. The first kappa shape index (κ1) is 23.3. The summed E-state index contributed by atoms with van der Waals surface area (Å²) in [6, 6.07) is 4.47. The maximum atomic E-state index is 14.9. The number of nitrogens with zero attached hydrogens (tertiary/aromatic N) is 3. The van der Waals surface area contributed by atoms with Crippen molar-refractivity contribution in [3.8, 4) is 0 Å². The molecule has 9 nitrogen and oxygen atoms in total. The molecule has 11 heteroatoms. The van der Waals surface area contributed by atoms with Gasteiger partial charge in [0, 0.05) is 31.6 Å². The van der Waals surface area contributed by atoms with Crippen LogP contribution in [0, 0.1) is 11.2 Å². The zero-order chi connectivity index (χ0) is 23.0. The largest absolute Gasteiger partial charge is 0.441 e. The molecule has 3 rings (SSSR count). The average molecular weight is 458 g/mol. The Labute approximate surface area is 181 Å². The van der Waals surface area contributed by atoms with Gasteiger partial charge in [-0.1, -0.05) is 20.8 Å². The van der Waals surface area contributed by atoms with E-state index in [-0.39, 0.29) is 19.1 Å². The van der Waals surface area contributed by atoms with Gasteiger partial charge in [-0.2, -0.15) is 8.42 Å². The molecule has 0 saturated carbocycles. The van der Waals surface area contributed by atoms with Crippen LogP contribution in [0.2, 0.25) is 0 Å². The highest BCUT2D eigenvalue weighted by Gasteiger charge is 2.34. The van der Waals surface area contributed by atoms with Gasteiger partial charge >= 0.3 is 6.09 Å². The molecule has 0 aromatic heterocycles. The first-order valence-electron chi connectivity index (χ1n) is 10.0. The van der Waals surface area contributed by atoms with Gasteiger partial charge in [-0.15, -0.1) is 0 Å². The van der Waals surface area contributed by atoms with E-state index in [1.54, 1.807) is 17.0 Å². The van der Waals surface area contributed by atoms with Crippen LogP contribution in [0.5, 0.6) is 0 Å². The highest BCUT2D eigenvalue weighted by molar-refractivity contribution is 7.85. The van der Waals surface area contributed by atoms with E-state index in [9.17, 15) is 22.4 Å². The molecule has 31 heavy (non-hydrogen) atoms. The molecule has 0 radical (unpaired) electrons. The van der Waals surface area contributed by atoms with E-state index in [0.717, 1.165) is 6.26 Å². The molecular formula is C20H28FN3O6S. The second-order valence-electron chi connectivity index (χ2n) is 8.77. The van der Waals surface area contributed by atoms with Crippen molar-refractivity contribution in [2.75, 3.05) is 55.4 Å². The van der Waals surface area contributed by atoms with Crippen LogP contribution >= 0.6 is 0 Å². The normalized spacial score (nSPS) is 20.2. The molecule has 2 heterocycles. The van der Waals surface area contributed by atoms with Gasteiger partial charge in [-0.3, -0.25) is 13.9 Å². The molecule has 0 spiro atoms. The third kappa shape index (κ3) is 5.65. The summed E-state index contributed by atoms with van der Waals surface area (Å²) in [5.41, 5.74) is 0.259. The summed E-state index contributed by atoms with van der Waals surface area (Å²) >= 11 is 0. The summed E-state index contributed by atoms with van der Waals surface area (Å²) < 4.78 is 46.8. The highest BCUT2D eigenvalue weighted by Crippen LogP contribution is 2.29. The fourth-order valence-corrected chi connectivity index (χ4v) is 3.96. The number of amides is 2. The van der Waals surface area contributed by atoms with Crippen molar-refractivity contribution >= 4 is 33.5 Å². The van der Waals surface area contributed by atoms with Crippen LogP contribution in [0.25, 0.3) is 0 Å². The van der Waals surface area contributed by atoms with Crippen molar-refractivity contribution in [3.05, 3.63) is 24.0 Å². The number of cyclic esters (lactones) is 1. The van der Waals surface area contributed by atoms with Gasteiger partial charge in [-0.25, -0.2) is 9.18 Å². The van der Waals surface area contributed by atoms with Crippen LogP contribution in [-0.4, -0.2) is 77.0 Å². The minimum absolute atomic E-state index is 0.0563. The van der Waals surface area contributed by atoms with Crippen molar-refractivity contribution in [1.82, 2.24) is 4.90 Å². The predicted molar refractivity (Wildman–Crippen MR) is 113 cm³/mol. The van der Waals surface area contributed by atoms with Crippen LogP contribution in [0.15, 0.2) is 18.2 Å². The van der Waals surface area contributed by atoms with E-state index in [1.807, 2.05) is 25.7 Å². The van der Waals surface area contributed by atoms with Crippen molar-refractivity contribution in [3.63, 3.8) is 0 Å². The molecule has 2 aliphatic rings. The van der Waals surface area contributed by atoms with Crippen LogP contribution in [0.4, 0.5) is 20.6 Å². The molecule has 1 atom stereocenters. The van der Waals surface area contributed by atoms with Gasteiger partial charge in [0.15, 0.2) is 0 Å². The Hall–Kier alpha value is -2.40. The summed E-state index contributed by atoms with van der Waals surface area (Å²) in [5.74, 6) is -0.415. The van der Waals surface area contributed by atoms with Crippen LogP contribution in [0.1, 0.15) is 20.8 Å². The number of hydrogen-bond acceptors (Lipinski definition) is 7. The molecule has 2 amide bonds. The molecule has 0 unspecified atom stereocenters. The Morgan fingerprint density at radius 2 is 1.87 bits per heavy atom. The minimum Gasteiger partial charge on any atom is -0.441 e. The molecule has 0 aliphatic carbocycles. The lowest BCUT2D eigenvalue weighted by Crippen LogP contribution is -2.51. The van der Waals surface area contributed by atoms with Gasteiger partial charge in [0.25, 0.3) is 10.1 Å². The average Bonchev–Trinajstić information content (AvgIpc) is 3.05. The van der Waals surface area contributed by atoms with E-state index in [2.05, 4.69) is 4.18 Å². The van der Waals surface area contributed by atoms with Crippen molar-refractivity contribution in [2.45, 2.75) is 26.9 Å². The molecule has 2 fully saturated rings. The highest BCUT2D eigenvalue weighted by atomic mass is 32.2. The van der Waals surface area contributed by atoms with Crippen LogP contribution in [-0.2, 0) is 23.8 Å². The lowest BCUT2D eigenvalue weighted by Gasteiger charge is -2.38. The zero-order valence-electron chi connectivity index (χ0n) is 18.1. The van der Waals surface area contributed by atoms with Gasteiger partial charge < -0.3 is 14.5 Å². The van der Waals surface area contributed by atoms with Gasteiger partial charge in [-0.05, 0) is 18.2 Å². The van der Waals surface area contributed by atoms with E-state index >= 15 is 0 Å². The molecule has 2 saturated heterocycles. The van der Waals surface area contributed by atoms with Crippen molar-refractivity contribution < 1.29 is 31.3 Å². The first-order valence-corrected chi connectivity index (χ1v) is 11.8. The maximum Gasteiger partial charge on any atom is 0.414 e. The Balaban J connectivity index is 1.63. The number of hydrogen-bond donors (Lipinski definition) is 0. The predicted octanol–water partition coefficient (Wildman–Crippen LogP) is 1.82. The molecule has 1 aromatic carbocycles. The SMILES string of the molecule is CC(C)(C)C(=O)N1CCN(c2ccc(N3C[C@H](COS(C)(=O)=O)OC3=O)cc2F)CC1. The Morgan fingerprint density at radius 3 is 2.42 bits per heavy atom. The van der Waals surface area contributed by atoms with Gasteiger partial charge in [0.05, 0.1) is 24.2 Å². The zero-order valence-corrected chi connectivity index (χ0v) is 18.9. The molecular weight excluding hydrogens is 429 g/mol.